The third kappa shape index (κ3) is 2.68. The molecule has 0 aliphatic rings. The van der Waals surface area contributed by atoms with Crippen molar-refractivity contribution in [2.75, 3.05) is 0 Å². The number of hydrogen-bond acceptors (Lipinski definition) is 0. The lowest BCUT2D eigenvalue weighted by Crippen LogP contribution is -2.13. The van der Waals surface area contributed by atoms with Crippen molar-refractivity contribution in [2.45, 2.75) is 26.2 Å². The molecule has 0 heterocycles. The summed E-state index contributed by atoms with van der Waals surface area (Å²) in [5.41, 5.74) is 4.15. The fourth-order valence-electron chi connectivity index (χ4n) is 4.37. The van der Waals surface area contributed by atoms with Crippen LogP contribution in [0.4, 0.5) is 0 Å². The van der Waals surface area contributed by atoms with Crippen molar-refractivity contribution >= 4 is 32.3 Å². The van der Waals surface area contributed by atoms with Crippen molar-refractivity contribution in [3.05, 3.63) is 96.6 Å². The first-order valence-electron chi connectivity index (χ1n) is 9.96. The van der Waals surface area contributed by atoms with Crippen LogP contribution in [0, 0.1) is 0 Å². The third-order valence-corrected chi connectivity index (χ3v) is 5.75. The van der Waals surface area contributed by atoms with E-state index >= 15 is 0 Å². The predicted octanol–water partition coefficient (Wildman–Crippen LogP) is 8.11. The van der Waals surface area contributed by atoms with Crippen LogP contribution in [-0.2, 0) is 5.41 Å². The lowest BCUT2D eigenvalue weighted by molar-refractivity contribution is 0.593. The minimum absolute atomic E-state index is 0.0616. The van der Waals surface area contributed by atoms with Gasteiger partial charge in [-0.2, -0.15) is 0 Å². The monoisotopic (exact) mass is 360 g/mol. The zero-order valence-electron chi connectivity index (χ0n) is 16.7. The van der Waals surface area contributed by atoms with E-state index in [4.69, 9.17) is 0 Å². The molecular formula is C28H24. The maximum Gasteiger partial charge on any atom is -0.00615 e. The molecule has 0 aromatic heterocycles. The second-order valence-electron chi connectivity index (χ2n) is 8.69. The second kappa shape index (κ2) is 6.21. The van der Waals surface area contributed by atoms with Crippen molar-refractivity contribution in [1.29, 1.82) is 0 Å². The molecule has 0 unspecified atom stereocenters. The Bertz CT molecular complexity index is 1330. The minimum Gasteiger partial charge on any atom is -0.0616 e. The summed E-state index contributed by atoms with van der Waals surface area (Å²) in [6.07, 6.45) is 0. The third-order valence-electron chi connectivity index (χ3n) is 5.75. The lowest BCUT2D eigenvalue weighted by atomic mass is 9.78. The van der Waals surface area contributed by atoms with Gasteiger partial charge in [-0.3, -0.25) is 0 Å². The van der Waals surface area contributed by atoms with Crippen LogP contribution in [0.2, 0.25) is 0 Å². The maximum absolute atomic E-state index is 2.37. The SMILES string of the molecule is CC(C)(C)c1ccc2cc3ccccc3cc2c1-c1cccc2ccccc12. The molecule has 0 amide bonds. The molecular weight excluding hydrogens is 336 g/mol. The van der Waals surface area contributed by atoms with Crippen molar-refractivity contribution in [3.8, 4) is 11.1 Å². The molecule has 0 saturated heterocycles. The highest BCUT2D eigenvalue weighted by Gasteiger charge is 2.22. The standard InChI is InChI=1S/C28H24/c1-28(2,3)26-16-15-22-17-20-10-4-5-11-21(20)18-25(22)27(26)24-14-8-12-19-9-6-7-13-23(19)24/h4-18H,1-3H3. The summed E-state index contributed by atoms with van der Waals surface area (Å²) in [7, 11) is 0. The van der Waals surface area contributed by atoms with Gasteiger partial charge >= 0.3 is 0 Å². The lowest BCUT2D eigenvalue weighted by Gasteiger charge is -2.25. The first-order chi connectivity index (χ1) is 13.5. The smallest absolute Gasteiger partial charge is 0.00615 e. The van der Waals surface area contributed by atoms with E-state index in [1.54, 1.807) is 0 Å². The Labute approximate surface area is 166 Å². The zero-order chi connectivity index (χ0) is 19.3. The van der Waals surface area contributed by atoms with Crippen LogP contribution in [0.5, 0.6) is 0 Å². The molecule has 0 fully saturated rings. The van der Waals surface area contributed by atoms with E-state index in [0.717, 1.165) is 0 Å². The fraction of sp³-hybridized carbons (Fsp3) is 0.143. The van der Waals surface area contributed by atoms with Gasteiger partial charge in [-0.1, -0.05) is 99.6 Å². The van der Waals surface area contributed by atoms with Crippen molar-refractivity contribution < 1.29 is 0 Å². The zero-order valence-corrected chi connectivity index (χ0v) is 16.7. The van der Waals surface area contributed by atoms with Crippen LogP contribution in [0.15, 0.2) is 91.0 Å². The molecule has 0 N–H and O–H groups in total. The fourth-order valence-corrected chi connectivity index (χ4v) is 4.37. The van der Waals surface area contributed by atoms with E-state index in [2.05, 4.69) is 112 Å². The molecule has 0 atom stereocenters. The first kappa shape index (κ1) is 17.0. The minimum atomic E-state index is 0.0616. The van der Waals surface area contributed by atoms with Crippen LogP contribution in [0.3, 0.4) is 0 Å². The molecule has 0 nitrogen and oxygen atoms in total. The topological polar surface area (TPSA) is 0 Å². The average Bonchev–Trinajstić information content (AvgIpc) is 2.70. The summed E-state index contributed by atoms with van der Waals surface area (Å²) < 4.78 is 0. The Morgan fingerprint density at radius 1 is 0.500 bits per heavy atom. The van der Waals surface area contributed by atoms with Crippen LogP contribution in [0.1, 0.15) is 26.3 Å². The maximum atomic E-state index is 2.37. The Balaban J connectivity index is 1.98. The van der Waals surface area contributed by atoms with Gasteiger partial charge in [0.25, 0.3) is 0 Å². The van der Waals surface area contributed by atoms with E-state index in [1.807, 2.05) is 0 Å². The predicted molar refractivity (Wildman–Crippen MR) is 123 cm³/mol. The molecule has 0 spiro atoms. The van der Waals surface area contributed by atoms with Gasteiger partial charge in [-0.05, 0) is 66.6 Å². The Kier molecular flexibility index (Phi) is 3.77. The van der Waals surface area contributed by atoms with Crippen LogP contribution < -0.4 is 0 Å². The van der Waals surface area contributed by atoms with Crippen LogP contribution >= 0.6 is 0 Å². The quantitative estimate of drug-likeness (QED) is 0.265. The van der Waals surface area contributed by atoms with Crippen LogP contribution in [0.25, 0.3) is 43.4 Å². The van der Waals surface area contributed by atoms with Gasteiger partial charge in [0.2, 0.25) is 0 Å². The number of hydrogen-bond donors (Lipinski definition) is 0. The van der Waals surface area contributed by atoms with Gasteiger partial charge in [0, 0.05) is 0 Å². The van der Waals surface area contributed by atoms with Gasteiger partial charge in [0.1, 0.15) is 0 Å². The molecule has 0 saturated carbocycles. The van der Waals surface area contributed by atoms with Crippen molar-refractivity contribution in [1.82, 2.24) is 0 Å². The molecule has 28 heavy (non-hydrogen) atoms. The Morgan fingerprint density at radius 3 is 1.89 bits per heavy atom. The van der Waals surface area contributed by atoms with E-state index in [1.165, 1.54) is 49.0 Å². The summed E-state index contributed by atoms with van der Waals surface area (Å²) in [6, 6.07) is 33.3. The van der Waals surface area contributed by atoms with Gasteiger partial charge in [-0.15, -0.1) is 0 Å². The highest BCUT2D eigenvalue weighted by Crippen LogP contribution is 2.42. The number of rotatable bonds is 1. The van der Waals surface area contributed by atoms with E-state index in [0.29, 0.717) is 0 Å². The molecule has 0 bridgehead atoms. The van der Waals surface area contributed by atoms with Crippen molar-refractivity contribution in [2.24, 2.45) is 0 Å². The van der Waals surface area contributed by atoms with Gasteiger partial charge in [-0.25, -0.2) is 0 Å². The van der Waals surface area contributed by atoms with E-state index in [-0.39, 0.29) is 5.41 Å². The molecule has 5 rings (SSSR count). The molecule has 0 aliphatic carbocycles. The van der Waals surface area contributed by atoms with Crippen molar-refractivity contribution in [3.63, 3.8) is 0 Å². The van der Waals surface area contributed by atoms with Gasteiger partial charge in [0.05, 0.1) is 0 Å². The molecule has 136 valence electrons. The average molecular weight is 361 g/mol. The largest absolute Gasteiger partial charge is 0.0616 e. The molecule has 5 aromatic carbocycles. The summed E-state index contributed by atoms with van der Waals surface area (Å²) >= 11 is 0. The number of benzene rings is 5. The van der Waals surface area contributed by atoms with E-state index in [9.17, 15) is 0 Å². The normalized spacial score (nSPS) is 12.1. The summed E-state index contributed by atoms with van der Waals surface area (Å²) in [5.74, 6) is 0. The molecule has 0 heteroatoms. The molecule has 5 aromatic rings. The highest BCUT2D eigenvalue weighted by molar-refractivity contribution is 6.10. The second-order valence-corrected chi connectivity index (χ2v) is 8.69. The Morgan fingerprint density at radius 2 is 1.14 bits per heavy atom. The van der Waals surface area contributed by atoms with Crippen LogP contribution in [-0.4, -0.2) is 0 Å². The first-order valence-corrected chi connectivity index (χ1v) is 9.96. The number of fused-ring (bicyclic) bond motifs is 3. The van der Waals surface area contributed by atoms with E-state index < -0.39 is 0 Å². The molecule has 0 radical (unpaired) electrons. The van der Waals surface area contributed by atoms with Gasteiger partial charge < -0.3 is 0 Å². The summed E-state index contributed by atoms with van der Waals surface area (Å²) in [4.78, 5) is 0. The summed E-state index contributed by atoms with van der Waals surface area (Å²) in [5, 5.41) is 7.83. The molecule has 0 aliphatic heterocycles. The Hall–Kier alpha value is -3.12. The van der Waals surface area contributed by atoms with Gasteiger partial charge in [0.15, 0.2) is 0 Å². The highest BCUT2D eigenvalue weighted by atomic mass is 14.3. The summed E-state index contributed by atoms with van der Waals surface area (Å²) in [6.45, 7) is 6.93.